The van der Waals surface area contributed by atoms with E-state index in [-0.39, 0.29) is 23.0 Å². The molecule has 0 fully saturated rings. The summed E-state index contributed by atoms with van der Waals surface area (Å²) in [7, 11) is -4.20. The van der Waals surface area contributed by atoms with Crippen LogP contribution in [-0.2, 0) is 26.2 Å². The highest BCUT2D eigenvalue weighted by Crippen LogP contribution is 2.36. The van der Waals surface area contributed by atoms with Crippen molar-refractivity contribution in [2.75, 3.05) is 24.1 Å². The number of hydrogen-bond donors (Lipinski definition) is 1. The van der Waals surface area contributed by atoms with E-state index < -0.39 is 34.1 Å². The van der Waals surface area contributed by atoms with E-state index in [4.69, 9.17) is 21.1 Å². The highest BCUT2D eigenvalue weighted by atomic mass is 35.5. The van der Waals surface area contributed by atoms with Gasteiger partial charge in [-0.05, 0) is 63.6 Å². The number of fused-ring (bicyclic) bond motifs is 1. The zero-order chi connectivity index (χ0) is 29.8. The maximum Gasteiger partial charge on any atom is 0.264 e. The summed E-state index contributed by atoms with van der Waals surface area (Å²) in [5.41, 5.74) is 0.295. The molecule has 4 rings (SSSR count). The molecule has 2 amide bonds. The van der Waals surface area contributed by atoms with Crippen LogP contribution in [0.1, 0.15) is 33.3 Å². The van der Waals surface area contributed by atoms with Crippen molar-refractivity contribution in [2.45, 2.75) is 50.7 Å². The maximum absolute atomic E-state index is 14.1. The fourth-order valence-corrected chi connectivity index (χ4v) is 5.92. The second-order valence-corrected chi connectivity index (χ2v) is 13.0. The number of benzene rings is 3. The van der Waals surface area contributed by atoms with E-state index in [0.29, 0.717) is 35.3 Å². The number of carbonyl (C=O) groups is 2. The van der Waals surface area contributed by atoms with Crippen molar-refractivity contribution < 1.29 is 27.5 Å². The SMILES string of the molecule is CC(C(=O)NC(C)(C)C)N(Cc1ccccc1Cl)C(=O)CN(c1ccc2c(c1)OCCO2)S(=O)(=O)c1ccccc1. The lowest BCUT2D eigenvalue weighted by Gasteiger charge is -2.33. The molecular formula is C30H34ClN3O6S. The van der Waals surface area contributed by atoms with Crippen LogP contribution in [0.25, 0.3) is 0 Å². The molecule has 1 N–H and O–H groups in total. The number of sulfonamides is 1. The van der Waals surface area contributed by atoms with Gasteiger partial charge in [-0.3, -0.25) is 13.9 Å². The lowest BCUT2D eigenvalue weighted by molar-refractivity contribution is -0.140. The molecule has 3 aromatic carbocycles. The first-order chi connectivity index (χ1) is 19.4. The van der Waals surface area contributed by atoms with Crippen LogP contribution in [0, 0.1) is 0 Å². The van der Waals surface area contributed by atoms with Gasteiger partial charge in [-0.15, -0.1) is 0 Å². The van der Waals surface area contributed by atoms with Gasteiger partial charge in [0.1, 0.15) is 25.8 Å². The van der Waals surface area contributed by atoms with Crippen LogP contribution < -0.4 is 19.1 Å². The first-order valence-electron chi connectivity index (χ1n) is 13.2. The van der Waals surface area contributed by atoms with Crippen LogP contribution >= 0.6 is 11.6 Å². The number of hydrogen-bond acceptors (Lipinski definition) is 6. The molecule has 218 valence electrons. The normalized spacial score (nSPS) is 13.7. The van der Waals surface area contributed by atoms with Crippen LogP contribution in [0.2, 0.25) is 5.02 Å². The number of carbonyl (C=O) groups excluding carboxylic acids is 2. The summed E-state index contributed by atoms with van der Waals surface area (Å²) in [6.07, 6.45) is 0. The Morgan fingerprint density at radius 2 is 1.59 bits per heavy atom. The van der Waals surface area contributed by atoms with Crippen molar-refractivity contribution in [1.82, 2.24) is 10.2 Å². The third-order valence-electron chi connectivity index (χ3n) is 6.39. The lowest BCUT2D eigenvalue weighted by Crippen LogP contribution is -2.54. The molecule has 3 aromatic rings. The molecule has 11 heteroatoms. The molecule has 0 aliphatic carbocycles. The minimum absolute atomic E-state index is 0.00238. The summed E-state index contributed by atoms with van der Waals surface area (Å²) in [4.78, 5) is 28.6. The Bertz CT molecular complexity index is 1510. The molecule has 0 saturated carbocycles. The van der Waals surface area contributed by atoms with Crippen molar-refractivity contribution in [3.63, 3.8) is 0 Å². The van der Waals surface area contributed by atoms with Crippen LogP contribution in [0.15, 0.2) is 77.7 Å². The topological polar surface area (TPSA) is 105 Å². The van der Waals surface area contributed by atoms with Crippen LogP contribution in [-0.4, -0.2) is 56.5 Å². The summed E-state index contributed by atoms with van der Waals surface area (Å²) < 4.78 is 40.2. The first kappa shape index (κ1) is 30.2. The van der Waals surface area contributed by atoms with Crippen molar-refractivity contribution in [3.05, 3.63) is 83.4 Å². The van der Waals surface area contributed by atoms with Gasteiger partial charge >= 0.3 is 0 Å². The minimum Gasteiger partial charge on any atom is -0.486 e. The summed E-state index contributed by atoms with van der Waals surface area (Å²) in [6, 6.07) is 18.6. The second-order valence-electron chi connectivity index (χ2n) is 10.7. The summed E-state index contributed by atoms with van der Waals surface area (Å²) in [5.74, 6) is -0.109. The molecule has 0 aromatic heterocycles. The van der Waals surface area contributed by atoms with E-state index in [9.17, 15) is 18.0 Å². The number of anilines is 1. The van der Waals surface area contributed by atoms with Crippen LogP contribution in [0.5, 0.6) is 11.5 Å². The van der Waals surface area contributed by atoms with Gasteiger partial charge in [0, 0.05) is 23.2 Å². The quantitative estimate of drug-likeness (QED) is 0.384. The third-order valence-corrected chi connectivity index (χ3v) is 8.54. The van der Waals surface area contributed by atoms with Gasteiger partial charge in [0.15, 0.2) is 11.5 Å². The Morgan fingerprint density at radius 3 is 2.24 bits per heavy atom. The molecule has 41 heavy (non-hydrogen) atoms. The average Bonchev–Trinajstić information content (AvgIpc) is 2.94. The summed E-state index contributed by atoms with van der Waals surface area (Å²) >= 11 is 6.41. The van der Waals surface area contributed by atoms with E-state index in [1.165, 1.54) is 23.1 Å². The smallest absolute Gasteiger partial charge is 0.264 e. The third kappa shape index (κ3) is 7.31. The van der Waals surface area contributed by atoms with Crippen molar-refractivity contribution >= 4 is 39.1 Å². The number of halogens is 1. The van der Waals surface area contributed by atoms with E-state index in [2.05, 4.69) is 5.32 Å². The summed E-state index contributed by atoms with van der Waals surface area (Å²) in [6.45, 7) is 7.24. The Morgan fingerprint density at radius 1 is 0.951 bits per heavy atom. The molecule has 1 aliphatic heterocycles. The minimum atomic E-state index is -4.20. The highest BCUT2D eigenvalue weighted by Gasteiger charge is 2.34. The molecule has 0 radical (unpaired) electrons. The fourth-order valence-electron chi connectivity index (χ4n) is 4.30. The standard InChI is InChI=1S/C30H34ClN3O6S/c1-21(29(36)32-30(2,3)4)33(19-22-10-8-9-13-25(22)31)28(35)20-34(41(37,38)24-11-6-5-7-12-24)23-14-15-26-27(18-23)40-17-16-39-26/h5-15,18,21H,16-17,19-20H2,1-4H3,(H,32,36). The van der Waals surface area contributed by atoms with Gasteiger partial charge in [0.2, 0.25) is 11.8 Å². The molecule has 1 heterocycles. The van der Waals surface area contributed by atoms with Gasteiger partial charge < -0.3 is 19.7 Å². The predicted octanol–water partition coefficient (Wildman–Crippen LogP) is 4.64. The molecule has 0 spiro atoms. The van der Waals surface area contributed by atoms with Crippen LogP contribution in [0.4, 0.5) is 5.69 Å². The molecule has 1 aliphatic rings. The van der Waals surface area contributed by atoms with Crippen molar-refractivity contribution in [3.8, 4) is 11.5 Å². The van der Waals surface area contributed by atoms with Gasteiger partial charge in [-0.2, -0.15) is 0 Å². The molecular weight excluding hydrogens is 566 g/mol. The van der Waals surface area contributed by atoms with E-state index >= 15 is 0 Å². The van der Waals surface area contributed by atoms with E-state index in [0.717, 1.165) is 4.31 Å². The summed E-state index contributed by atoms with van der Waals surface area (Å²) in [5, 5.41) is 3.33. The molecule has 1 unspecified atom stereocenters. The van der Waals surface area contributed by atoms with Crippen LogP contribution in [0.3, 0.4) is 0 Å². The fraction of sp³-hybridized carbons (Fsp3) is 0.333. The molecule has 0 bridgehead atoms. The van der Waals surface area contributed by atoms with Crippen molar-refractivity contribution in [2.24, 2.45) is 0 Å². The van der Waals surface area contributed by atoms with E-state index in [1.54, 1.807) is 61.5 Å². The largest absolute Gasteiger partial charge is 0.486 e. The predicted molar refractivity (Wildman–Crippen MR) is 158 cm³/mol. The van der Waals surface area contributed by atoms with Gasteiger partial charge in [0.05, 0.1) is 10.6 Å². The monoisotopic (exact) mass is 599 g/mol. The zero-order valence-electron chi connectivity index (χ0n) is 23.5. The first-order valence-corrected chi connectivity index (χ1v) is 15.0. The van der Waals surface area contributed by atoms with Crippen molar-refractivity contribution in [1.29, 1.82) is 0 Å². The molecule has 0 saturated heterocycles. The van der Waals surface area contributed by atoms with Gasteiger partial charge in [-0.1, -0.05) is 48.0 Å². The zero-order valence-corrected chi connectivity index (χ0v) is 25.0. The Balaban J connectivity index is 1.74. The number of nitrogens with zero attached hydrogens (tertiary/aromatic N) is 2. The second kappa shape index (κ2) is 12.4. The Hall–Kier alpha value is -3.76. The number of rotatable bonds is 9. The van der Waals surface area contributed by atoms with Gasteiger partial charge in [-0.25, -0.2) is 8.42 Å². The molecule has 1 atom stereocenters. The maximum atomic E-state index is 14.1. The Kier molecular flexibility index (Phi) is 9.14. The number of nitrogens with one attached hydrogen (secondary N) is 1. The average molecular weight is 600 g/mol. The molecule has 9 nitrogen and oxygen atoms in total. The van der Waals surface area contributed by atoms with E-state index in [1.807, 2.05) is 20.8 Å². The highest BCUT2D eigenvalue weighted by molar-refractivity contribution is 7.92. The number of amides is 2. The number of ether oxygens (including phenoxy) is 2. The lowest BCUT2D eigenvalue weighted by atomic mass is 10.1. The Labute approximate surface area is 246 Å². The van der Waals surface area contributed by atoms with Gasteiger partial charge in [0.25, 0.3) is 10.0 Å².